The van der Waals surface area contributed by atoms with E-state index in [1.54, 1.807) is 11.3 Å². The molecule has 0 unspecified atom stereocenters. The topological polar surface area (TPSA) is 48.0 Å². The molecule has 14 rings (SSSR count). The first-order chi connectivity index (χ1) is 26.3. The summed E-state index contributed by atoms with van der Waals surface area (Å²) in [4.78, 5) is 15.9. The van der Waals surface area contributed by atoms with Gasteiger partial charge in [-0.15, -0.1) is 11.3 Å². The summed E-state index contributed by atoms with van der Waals surface area (Å²) in [5, 5.41) is 15.3. The van der Waals surface area contributed by atoms with E-state index in [9.17, 15) is 0 Å². The first-order valence-electron chi connectivity index (χ1n) is 18.0. The molecule has 53 heavy (non-hydrogen) atoms. The molecule has 6 heterocycles. The largest absolute Gasteiger partial charge is 0.307 e. The minimum absolute atomic E-state index is 0.616. The van der Waals surface area contributed by atoms with E-state index >= 15 is 0 Å². The molecule has 0 aliphatic carbocycles. The molecule has 0 aliphatic heterocycles. The van der Waals surface area contributed by atoms with Gasteiger partial charge in [-0.3, -0.25) is 4.57 Å². The van der Waals surface area contributed by atoms with E-state index in [0.29, 0.717) is 17.6 Å². The second kappa shape index (κ2) is 9.12. The van der Waals surface area contributed by atoms with Gasteiger partial charge < -0.3 is 4.40 Å². The van der Waals surface area contributed by atoms with Crippen molar-refractivity contribution in [3.63, 3.8) is 0 Å². The van der Waals surface area contributed by atoms with Crippen molar-refractivity contribution in [3.05, 3.63) is 140 Å². The van der Waals surface area contributed by atoms with Crippen molar-refractivity contribution in [2.75, 3.05) is 0 Å². The van der Waals surface area contributed by atoms with Crippen LogP contribution in [0.4, 0.5) is 0 Å². The van der Waals surface area contributed by atoms with Gasteiger partial charge in [0.15, 0.2) is 11.6 Å². The SMILES string of the molecule is c1ccc(-c2nc(-c3cccc4c3sc3ccccc34)nc(-n3c4ccc5ccc6ccc7c8cccc9c%10ccc3c3c4c5c6c7n(c89)c%103)n2)cc1. The zero-order valence-corrected chi connectivity index (χ0v) is 28.7. The van der Waals surface area contributed by atoms with Gasteiger partial charge in [-0.25, -0.2) is 4.98 Å². The Morgan fingerprint density at radius 3 is 1.92 bits per heavy atom. The van der Waals surface area contributed by atoms with Gasteiger partial charge in [-0.2, -0.15) is 9.97 Å². The van der Waals surface area contributed by atoms with Crippen molar-refractivity contribution in [1.29, 1.82) is 0 Å². The highest BCUT2D eigenvalue weighted by atomic mass is 32.1. The second-order valence-corrected chi connectivity index (χ2v) is 15.4. The number of thiophene rings is 1. The molecule has 0 aliphatic rings. The lowest BCUT2D eigenvalue weighted by atomic mass is 9.96. The molecule has 0 radical (unpaired) electrons. The lowest BCUT2D eigenvalue weighted by Gasteiger charge is -2.12. The van der Waals surface area contributed by atoms with Crippen molar-refractivity contribution in [3.8, 4) is 28.7 Å². The monoisotopic (exact) mass is 689 g/mol. The molecule has 242 valence electrons. The highest BCUT2D eigenvalue weighted by Crippen LogP contribution is 2.51. The summed E-state index contributed by atoms with van der Waals surface area (Å²) in [6.07, 6.45) is 0. The van der Waals surface area contributed by atoms with E-state index < -0.39 is 0 Å². The predicted octanol–water partition coefficient (Wildman–Crippen LogP) is 12.4. The first-order valence-corrected chi connectivity index (χ1v) is 18.8. The molecule has 8 aromatic carbocycles. The molecule has 5 nitrogen and oxygen atoms in total. The van der Waals surface area contributed by atoms with Crippen molar-refractivity contribution in [2.24, 2.45) is 0 Å². The maximum atomic E-state index is 5.42. The van der Waals surface area contributed by atoms with E-state index in [1.807, 2.05) is 18.2 Å². The minimum atomic E-state index is 0.616. The third-order valence-electron chi connectivity index (χ3n) is 11.8. The molecule has 0 spiro atoms. The number of fused-ring (bicyclic) bond motifs is 5. The molecule has 0 fully saturated rings. The summed E-state index contributed by atoms with van der Waals surface area (Å²) in [5.74, 6) is 1.94. The van der Waals surface area contributed by atoms with Crippen LogP contribution in [0.1, 0.15) is 0 Å². The molecule has 0 saturated carbocycles. The lowest BCUT2D eigenvalue weighted by Crippen LogP contribution is -2.06. The zero-order chi connectivity index (χ0) is 34.1. The van der Waals surface area contributed by atoms with Gasteiger partial charge >= 0.3 is 0 Å². The standard InChI is InChI=1S/C47H23N5S/c1-2-8-26(9-3-1)45-48-46(33-14-7-13-32-27-10-4-5-15-36(27)53-44(32)33)50-47(49-45)51-34-22-19-24-16-17-25-18-20-30-28-11-6-12-29-31-21-23-35(51)40-39(34)37(24)38(25)42(30)52(41(28)29)43(31)40/h1-23H. The van der Waals surface area contributed by atoms with Crippen molar-refractivity contribution in [2.45, 2.75) is 0 Å². The van der Waals surface area contributed by atoms with Gasteiger partial charge in [-0.1, -0.05) is 115 Å². The van der Waals surface area contributed by atoms with Gasteiger partial charge in [0.2, 0.25) is 5.95 Å². The fourth-order valence-corrected chi connectivity index (χ4v) is 10.9. The van der Waals surface area contributed by atoms with Crippen LogP contribution >= 0.6 is 11.3 Å². The van der Waals surface area contributed by atoms with Crippen LogP contribution in [-0.4, -0.2) is 23.9 Å². The molecule has 0 N–H and O–H groups in total. The average Bonchev–Trinajstić information content (AvgIpc) is 3.94. The Morgan fingerprint density at radius 2 is 1.04 bits per heavy atom. The summed E-state index contributed by atoms with van der Waals surface area (Å²) < 4.78 is 7.30. The van der Waals surface area contributed by atoms with Gasteiger partial charge in [-0.05, 0) is 35.0 Å². The molecule has 14 aromatic rings. The van der Waals surface area contributed by atoms with Crippen LogP contribution in [0, 0.1) is 0 Å². The summed E-state index contributed by atoms with van der Waals surface area (Å²) in [6, 6.07) is 50.5. The van der Waals surface area contributed by atoms with E-state index in [1.165, 1.54) is 90.6 Å². The fraction of sp³-hybridized carbons (Fsp3) is 0. The van der Waals surface area contributed by atoms with Crippen LogP contribution in [0.25, 0.3) is 130 Å². The quantitative estimate of drug-likeness (QED) is 0.174. The molecule has 0 amide bonds. The molecular weight excluding hydrogens is 667 g/mol. The Balaban J connectivity index is 1.18. The molecule has 6 heteroatoms. The maximum absolute atomic E-state index is 5.42. The maximum Gasteiger partial charge on any atom is 0.238 e. The highest BCUT2D eigenvalue weighted by molar-refractivity contribution is 7.26. The van der Waals surface area contributed by atoms with Crippen molar-refractivity contribution in [1.82, 2.24) is 23.9 Å². The molecule has 0 bridgehead atoms. The smallest absolute Gasteiger partial charge is 0.238 e. The van der Waals surface area contributed by atoms with Crippen LogP contribution < -0.4 is 0 Å². The van der Waals surface area contributed by atoms with Gasteiger partial charge in [0.05, 0.1) is 27.6 Å². The van der Waals surface area contributed by atoms with Crippen LogP contribution in [0.2, 0.25) is 0 Å². The average molecular weight is 690 g/mol. The van der Waals surface area contributed by atoms with E-state index in [0.717, 1.165) is 22.2 Å². The number of para-hydroxylation sites is 1. The Kier molecular flexibility index (Phi) is 4.62. The number of hydrogen-bond acceptors (Lipinski definition) is 4. The van der Waals surface area contributed by atoms with E-state index in [2.05, 4.69) is 130 Å². The van der Waals surface area contributed by atoms with Crippen LogP contribution in [0.5, 0.6) is 0 Å². The molecule has 0 atom stereocenters. The summed E-state index contributed by atoms with van der Waals surface area (Å²) >= 11 is 1.80. The van der Waals surface area contributed by atoms with Crippen molar-refractivity contribution < 1.29 is 0 Å². The number of nitrogens with zero attached hydrogens (tertiary/aromatic N) is 5. The van der Waals surface area contributed by atoms with Crippen LogP contribution in [0.15, 0.2) is 140 Å². The fourth-order valence-electron chi connectivity index (χ4n) is 9.68. The van der Waals surface area contributed by atoms with E-state index in [4.69, 9.17) is 15.0 Å². The van der Waals surface area contributed by atoms with Gasteiger partial charge in [0.25, 0.3) is 0 Å². The van der Waals surface area contributed by atoms with E-state index in [-0.39, 0.29) is 0 Å². The lowest BCUT2D eigenvalue weighted by molar-refractivity contribution is 0.955. The Labute approximate surface area is 303 Å². The number of aromatic nitrogens is 5. The molecular formula is C47H23N5S. The van der Waals surface area contributed by atoms with Crippen LogP contribution in [0.3, 0.4) is 0 Å². The van der Waals surface area contributed by atoms with Crippen molar-refractivity contribution >= 4 is 113 Å². The third kappa shape index (κ3) is 3.11. The zero-order valence-electron chi connectivity index (χ0n) is 27.9. The first kappa shape index (κ1) is 26.9. The molecule has 0 saturated heterocycles. The summed E-state index contributed by atoms with van der Waals surface area (Å²) in [5.41, 5.74) is 8.03. The Bertz CT molecular complexity index is 3790. The highest BCUT2D eigenvalue weighted by Gasteiger charge is 2.29. The second-order valence-electron chi connectivity index (χ2n) is 14.3. The van der Waals surface area contributed by atoms with Gasteiger partial charge in [0.1, 0.15) is 0 Å². The predicted molar refractivity (Wildman–Crippen MR) is 221 cm³/mol. The number of hydrogen-bond donors (Lipinski definition) is 0. The Morgan fingerprint density at radius 1 is 0.415 bits per heavy atom. The summed E-state index contributed by atoms with van der Waals surface area (Å²) in [6.45, 7) is 0. The van der Waals surface area contributed by atoms with Crippen LogP contribution in [-0.2, 0) is 0 Å². The normalized spacial score (nSPS) is 12.9. The third-order valence-corrected chi connectivity index (χ3v) is 13.0. The number of benzene rings is 8. The minimum Gasteiger partial charge on any atom is -0.307 e. The van der Waals surface area contributed by atoms with Gasteiger partial charge in [0, 0.05) is 74.4 Å². The Hall–Kier alpha value is -6.89. The number of rotatable bonds is 3. The molecule has 6 aromatic heterocycles. The summed E-state index contributed by atoms with van der Waals surface area (Å²) in [7, 11) is 0.